The fourth-order valence-electron chi connectivity index (χ4n) is 2.36. The van der Waals surface area contributed by atoms with Crippen LogP contribution in [0, 0.1) is 23.7 Å². The molecule has 46 valence electrons. The second-order valence-corrected chi connectivity index (χ2v) is 3.49. The van der Waals surface area contributed by atoms with E-state index in [9.17, 15) is 0 Å². The van der Waals surface area contributed by atoms with Crippen LogP contribution in [0.2, 0.25) is 0 Å². The third kappa shape index (κ3) is 0.407. The van der Waals surface area contributed by atoms with Crippen molar-refractivity contribution in [2.75, 3.05) is 0 Å². The van der Waals surface area contributed by atoms with Crippen molar-refractivity contribution in [3.63, 3.8) is 0 Å². The SMILES string of the molecule is C1=C[C@@H]2C3CC1C=C[C@@H]32. The topological polar surface area (TPSA) is 0 Å². The third-order valence-corrected chi connectivity index (χ3v) is 3.00. The molecular formula is C9H10. The molecule has 0 spiro atoms. The molecule has 0 aliphatic heterocycles. The smallest absolute Gasteiger partial charge is 0.00502 e. The van der Waals surface area contributed by atoms with Crippen LogP contribution in [0.3, 0.4) is 0 Å². The monoisotopic (exact) mass is 118 g/mol. The van der Waals surface area contributed by atoms with Gasteiger partial charge in [0.25, 0.3) is 0 Å². The second-order valence-electron chi connectivity index (χ2n) is 3.49. The van der Waals surface area contributed by atoms with E-state index in [1.165, 1.54) is 6.42 Å². The third-order valence-electron chi connectivity index (χ3n) is 3.00. The van der Waals surface area contributed by atoms with Gasteiger partial charge in [0.2, 0.25) is 0 Å². The van der Waals surface area contributed by atoms with Crippen molar-refractivity contribution >= 4 is 0 Å². The van der Waals surface area contributed by atoms with E-state index in [4.69, 9.17) is 0 Å². The fraction of sp³-hybridized carbons (Fsp3) is 0.556. The van der Waals surface area contributed by atoms with Crippen molar-refractivity contribution < 1.29 is 0 Å². The van der Waals surface area contributed by atoms with Crippen LogP contribution >= 0.6 is 0 Å². The number of allylic oxidation sites excluding steroid dienone is 4. The van der Waals surface area contributed by atoms with Gasteiger partial charge in [-0.15, -0.1) is 0 Å². The fourth-order valence-corrected chi connectivity index (χ4v) is 2.36. The van der Waals surface area contributed by atoms with Gasteiger partial charge in [0, 0.05) is 0 Å². The molecule has 0 radical (unpaired) electrons. The molecule has 3 aliphatic rings. The predicted octanol–water partition coefficient (Wildman–Crippen LogP) is 1.99. The molecular weight excluding hydrogens is 108 g/mol. The van der Waals surface area contributed by atoms with E-state index >= 15 is 0 Å². The Bertz CT molecular complexity index is 180. The van der Waals surface area contributed by atoms with E-state index in [0.29, 0.717) is 0 Å². The van der Waals surface area contributed by atoms with E-state index in [1.807, 2.05) is 0 Å². The van der Waals surface area contributed by atoms with Crippen LogP contribution in [-0.2, 0) is 0 Å². The van der Waals surface area contributed by atoms with Crippen LogP contribution in [0.25, 0.3) is 0 Å². The van der Waals surface area contributed by atoms with E-state index < -0.39 is 0 Å². The highest BCUT2D eigenvalue weighted by atomic mass is 14.5. The Morgan fingerprint density at radius 3 is 2.11 bits per heavy atom. The molecule has 0 heteroatoms. The number of rotatable bonds is 0. The molecule has 0 aromatic rings. The lowest BCUT2D eigenvalue weighted by molar-refractivity contribution is 0.568. The summed E-state index contributed by atoms with van der Waals surface area (Å²) in [6.07, 6.45) is 11.0. The van der Waals surface area contributed by atoms with Crippen molar-refractivity contribution in [2.24, 2.45) is 23.7 Å². The summed E-state index contributed by atoms with van der Waals surface area (Å²) >= 11 is 0. The zero-order valence-electron chi connectivity index (χ0n) is 5.33. The molecule has 0 amide bonds. The first-order chi connectivity index (χ1) is 4.45. The van der Waals surface area contributed by atoms with E-state index in [0.717, 1.165) is 23.7 Å². The van der Waals surface area contributed by atoms with Gasteiger partial charge in [0.15, 0.2) is 0 Å². The van der Waals surface area contributed by atoms with Crippen LogP contribution in [0.5, 0.6) is 0 Å². The van der Waals surface area contributed by atoms with Gasteiger partial charge in [-0.3, -0.25) is 0 Å². The average Bonchev–Trinajstić information content (AvgIpc) is 2.62. The first-order valence-electron chi connectivity index (χ1n) is 3.82. The molecule has 2 bridgehead atoms. The quantitative estimate of drug-likeness (QED) is 0.427. The molecule has 4 atom stereocenters. The first kappa shape index (κ1) is 4.32. The second kappa shape index (κ2) is 1.16. The maximum atomic E-state index is 2.42. The minimum Gasteiger partial charge on any atom is -0.0839 e. The Morgan fingerprint density at radius 1 is 0.889 bits per heavy atom. The van der Waals surface area contributed by atoms with Gasteiger partial charge in [-0.1, -0.05) is 24.3 Å². The summed E-state index contributed by atoms with van der Waals surface area (Å²) in [7, 11) is 0. The van der Waals surface area contributed by atoms with Crippen LogP contribution < -0.4 is 0 Å². The molecule has 1 saturated carbocycles. The molecule has 3 rings (SSSR count). The first-order valence-corrected chi connectivity index (χ1v) is 3.82. The Hall–Kier alpha value is -0.520. The minimum absolute atomic E-state index is 0.810. The highest BCUT2D eigenvalue weighted by Gasteiger charge is 2.50. The Morgan fingerprint density at radius 2 is 1.56 bits per heavy atom. The molecule has 1 fully saturated rings. The Kier molecular flexibility index (Phi) is 0.555. The molecule has 9 heavy (non-hydrogen) atoms. The van der Waals surface area contributed by atoms with Crippen molar-refractivity contribution in [3.8, 4) is 0 Å². The lowest BCUT2D eigenvalue weighted by Gasteiger charge is -2.12. The van der Waals surface area contributed by atoms with Crippen molar-refractivity contribution in [1.82, 2.24) is 0 Å². The molecule has 0 aromatic carbocycles. The summed E-state index contributed by atoms with van der Waals surface area (Å²) < 4.78 is 0. The van der Waals surface area contributed by atoms with Gasteiger partial charge in [0.1, 0.15) is 0 Å². The number of hydrogen-bond acceptors (Lipinski definition) is 0. The van der Waals surface area contributed by atoms with Crippen molar-refractivity contribution in [3.05, 3.63) is 24.3 Å². The van der Waals surface area contributed by atoms with Gasteiger partial charge in [-0.25, -0.2) is 0 Å². The largest absolute Gasteiger partial charge is 0.0839 e. The van der Waals surface area contributed by atoms with Crippen LogP contribution in [0.4, 0.5) is 0 Å². The van der Waals surface area contributed by atoms with E-state index in [-0.39, 0.29) is 0 Å². The van der Waals surface area contributed by atoms with Crippen LogP contribution in [-0.4, -0.2) is 0 Å². The average molecular weight is 118 g/mol. The highest BCUT2D eigenvalue weighted by Crippen LogP contribution is 2.57. The van der Waals surface area contributed by atoms with Crippen molar-refractivity contribution in [2.45, 2.75) is 6.42 Å². The molecule has 3 aliphatic carbocycles. The van der Waals surface area contributed by atoms with Gasteiger partial charge >= 0.3 is 0 Å². The van der Waals surface area contributed by atoms with Gasteiger partial charge in [-0.2, -0.15) is 0 Å². The molecule has 2 unspecified atom stereocenters. The summed E-state index contributed by atoms with van der Waals surface area (Å²) in [5, 5.41) is 0. The van der Waals surface area contributed by atoms with Gasteiger partial charge in [-0.05, 0) is 30.1 Å². The molecule has 0 nitrogen and oxygen atoms in total. The molecule has 0 saturated heterocycles. The lowest BCUT2D eigenvalue weighted by Crippen LogP contribution is -2.01. The maximum absolute atomic E-state index is 2.42. The van der Waals surface area contributed by atoms with Crippen LogP contribution in [0.1, 0.15) is 6.42 Å². The van der Waals surface area contributed by atoms with E-state index in [1.54, 1.807) is 0 Å². The predicted molar refractivity (Wildman–Crippen MR) is 36.9 cm³/mol. The lowest BCUT2D eigenvalue weighted by atomic mass is 9.93. The normalized spacial score (nSPS) is 57.8. The summed E-state index contributed by atoms with van der Waals surface area (Å²) in [6.45, 7) is 0. The summed E-state index contributed by atoms with van der Waals surface area (Å²) in [5.41, 5.74) is 0. The van der Waals surface area contributed by atoms with Gasteiger partial charge < -0.3 is 0 Å². The summed E-state index contributed by atoms with van der Waals surface area (Å²) in [6, 6.07) is 0. The maximum Gasteiger partial charge on any atom is -0.00502 e. The van der Waals surface area contributed by atoms with E-state index in [2.05, 4.69) is 24.3 Å². The Labute approximate surface area is 55.3 Å². The number of fused-ring (bicyclic) bond motifs is 2. The molecule has 0 heterocycles. The van der Waals surface area contributed by atoms with Crippen molar-refractivity contribution in [1.29, 1.82) is 0 Å². The zero-order chi connectivity index (χ0) is 5.84. The highest BCUT2D eigenvalue weighted by molar-refractivity contribution is 5.27. The number of hydrogen-bond donors (Lipinski definition) is 0. The Balaban J connectivity index is 2.15. The standard InChI is InChI=1S/C9H10/c1-3-7-8-4-2-6(1)5-9(7)8/h1-4,6-9H,5H2/t6?,7-,8+,9?. The van der Waals surface area contributed by atoms with Crippen LogP contribution in [0.15, 0.2) is 24.3 Å². The van der Waals surface area contributed by atoms with Gasteiger partial charge in [0.05, 0.1) is 0 Å². The molecule has 0 aromatic heterocycles. The zero-order valence-corrected chi connectivity index (χ0v) is 5.33. The summed E-state index contributed by atoms with van der Waals surface area (Å²) in [4.78, 5) is 0. The molecule has 0 N–H and O–H groups in total. The minimum atomic E-state index is 0.810. The summed E-state index contributed by atoms with van der Waals surface area (Å²) in [5.74, 6) is 3.79.